The van der Waals surface area contributed by atoms with Crippen molar-refractivity contribution in [3.8, 4) is 0 Å². The van der Waals surface area contributed by atoms with Crippen molar-refractivity contribution in [1.82, 2.24) is 19.6 Å². The average Bonchev–Trinajstić information content (AvgIpc) is 3.06. The Kier molecular flexibility index (Phi) is 5.83. The first-order chi connectivity index (χ1) is 12.5. The number of ether oxygens (including phenoxy) is 1. The topological polar surface area (TPSA) is 91.0 Å². The van der Waals surface area contributed by atoms with E-state index in [1.54, 1.807) is 20.8 Å². The van der Waals surface area contributed by atoms with Gasteiger partial charge >= 0.3 is 12.1 Å². The molecular weight excluding hydrogens is 391 g/mol. The van der Waals surface area contributed by atoms with Gasteiger partial charge in [0, 0.05) is 19.8 Å². The maximum absolute atomic E-state index is 12.9. The summed E-state index contributed by atoms with van der Waals surface area (Å²) in [5.74, 6) is -1.75. The number of anilines is 1. The van der Waals surface area contributed by atoms with Crippen LogP contribution in [0.15, 0.2) is 6.20 Å². The molecule has 2 rings (SSSR count). The van der Waals surface area contributed by atoms with Crippen molar-refractivity contribution in [2.75, 3.05) is 5.32 Å². The zero-order valence-electron chi connectivity index (χ0n) is 14.9. The summed E-state index contributed by atoms with van der Waals surface area (Å²) in [7, 11) is 1.15. The van der Waals surface area contributed by atoms with E-state index >= 15 is 0 Å². The zero-order chi connectivity index (χ0) is 20.5. The van der Waals surface area contributed by atoms with E-state index in [1.807, 2.05) is 0 Å². The second-order valence-electron chi connectivity index (χ2n) is 5.79. The van der Waals surface area contributed by atoms with Crippen molar-refractivity contribution in [1.29, 1.82) is 0 Å². The Bertz CT molecular complexity index is 873. The summed E-state index contributed by atoms with van der Waals surface area (Å²) < 4.78 is 45.9. The van der Waals surface area contributed by atoms with E-state index in [-0.39, 0.29) is 11.4 Å². The Hall–Kier alpha value is -2.56. The Balaban J connectivity index is 2.38. The third-order valence-corrected chi connectivity index (χ3v) is 3.70. The zero-order valence-corrected chi connectivity index (χ0v) is 15.6. The van der Waals surface area contributed by atoms with Crippen LogP contribution >= 0.6 is 11.6 Å². The van der Waals surface area contributed by atoms with E-state index in [9.17, 15) is 22.8 Å². The van der Waals surface area contributed by atoms with Crippen LogP contribution in [0.2, 0.25) is 5.02 Å². The first-order valence-electron chi connectivity index (χ1n) is 7.85. The molecule has 148 valence electrons. The summed E-state index contributed by atoms with van der Waals surface area (Å²) in [6, 6.07) is 0. The standard InChI is InChI=1S/C15H17ClF3N5O3/c1-5-24-6-8(10(21-24)14(26)27-7(2)3)20-13(25)11-9(16)12(15(17,18)19)22-23(11)4/h6-7H,5H2,1-4H3,(H,20,25). The van der Waals surface area contributed by atoms with Crippen molar-refractivity contribution < 1.29 is 27.5 Å². The van der Waals surface area contributed by atoms with Gasteiger partial charge in [0.15, 0.2) is 11.4 Å². The molecule has 0 atom stereocenters. The summed E-state index contributed by atoms with van der Waals surface area (Å²) in [6.07, 6.45) is -3.87. The van der Waals surface area contributed by atoms with Crippen LogP contribution in [-0.4, -0.2) is 37.5 Å². The molecule has 2 heterocycles. The van der Waals surface area contributed by atoms with Gasteiger partial charge in [-0.05, 0) is 20.8 Å². The number of aryl methyl sites for hydroxylation is 2. The first kappa shape index (κ1) is 20.7. The second-order valence-corrected chi connectivity index (χ2v) is 6.17. The lowest BCUT2D eigenvalue weighted by molar-refractivity contribution is -0.141. The smallest absolute Gasteiger partial charge is 0.436 e. The van der Waals surface area contributed by atoms with Crippen LogP contribution in [0.1, 0.15) is 47.4 Å². The Morgan fingerprint density at radius 2 is 1.96 bits per heavy atom. The van der Waals surface area contributed by atoms with Gasteiger partial charge in [-0.25, -0.2) is 4.79 Å². The quantitative estimate of drug-likeness (QED) is 0.769. The fourth-order valence-electron chi connectivity index (χ4n) is 2.20. The molecule has 0 unspecified atom stereocenters. The fourth-order valence-corrected chi connectivity index (χ4v) is 2.56. The minimum Gasteiger partial charge on any atom is -0.458 e. The van der Waals surface area contributed by atoms with Crippen LogP contribution in [0.25, 0.3) is 0 Å². The van der Waals surface area contributed by atoms with E-state index in [0.29, 0.717) is 6.54 Å². The van der Waals surface area contributed by atoms with Gasteiger partial charge in [-0.1, -0.05) is 11.6 Å². The molecule has 0 fully saturated rings. The highest BCUT2D eigenvalue weighted by Crippen LogP contribution is 2.35. The number of carbonyl (C=O) groups is 2. The molecule has 1 amide bonds. The molecule has 0 aliphatic heterocycles. The molecule has 27 heavy (non-hydrogen) atoms. The molecule has 0 aliphatic carbocycles. The number of amides is 1. The molecule has 2 aromatic heterocycles. The predicted octanol–water partition coefficient (Wildman–Crippen LogP) is 3.13. The van der Waals surface area contributed by atoms with Crippen molar-refractivity contribution in [3.63, 3.8) is 0 Å². The summed E-state index contributed by atoms with van der Waals surface area (Å²) in [4.78, 5) is 24.6. The second kappa shape index (κ2) is 7.59. The molecule has 12 heteroatoms. The lowest BCUT2D eigenvalue weighted by Gasteiger charge is -2.08. The number of aromatic nitrogens is 4. The van der Waals surface area contributed by atoms with Gasteiger partial charge in [-0.15, -0.1) is 0 Å². The van der Waals surface area contributed by atoms with E-state index in [0.717, 1.165) is 11.7 Å². The number of carbonyl (C=O) groups excluding carboxylic acids is 2. The summed E-state index contributed by atoms with van der Waals surface area (Å²) in [5.41, 5.74) is -2.07. The number of rotatable bonds is 5. The lowest BCUT2D eigenvalue weighted by atomic mass is 10.3. The molecule has 0 saturated carbocycles. The van der Waals surface area contributed by atoms with Gasteiger partial charge in [0.1, 0.15) is 10.7 Å². The normalized spacial score (nSPS) is 11.7. The summed E-state index contributed by atoms with van der Waals surface area (Å²) in [6.45, 7) is 5.42. The summed E-state index contributed by atoms with van der Waals surface area (Å²) in [5, 5.41) is 8.77. The summed E-state index contributed by atoms with van der Waals surface area (Å²) >= 11 is 5.70. The largest absolute Gasteiger partial charge is 0.458 e. The van der Waals surface area contributed by atoms with Gasteiger partial charge in [-0.3, -0.25) is 14.2 Å². The molecule has 8 nitrogen and oxygen atoms in total. The maximum Gasteiger partial charge on any atom is 0.436 e. The highest BCUT2D eigenvalue weighted by molar-refractivity contribution is 6.35. The highest BCUT2D eigenvalue weighted by Gasteiger charge is 2.40. The van der Waals surface area contributed by atoms with Crippen molar-refractivity contribution >= 4 is 29.2 Å². The lowest BCUT2D eigenvalue weighted by Crippen LogP contribution is -2.19. The number of hydrogen-bond acceptors (Lipinski definition) is 5. The molecular formula is C15H17ClF3N5O3. The van der Waals surface area contributed by atoms with Gasteiger partial charge in [0.2, 0.25) is 0 Å². The number of alkyl halides is 3. The maximum atomic E-state index is 12.9. The SMILES string of the molecule is CCn1cc(NC(=O)c2c(Cl)c(C(F)(F)F)nn2C)c(C(=O)OC(C)C)n1. The number of nitrogens with zero attached hydrogens (tertiary/aromatic N) is 4. The fraction of sp³-hybridized carbons (Fsp3) is 0.467. The molecule has 2 aromatic rings. The first-order valence-corrected chi connectivity index (χ1v) is 8.22. The Morgan fingerprint density at radius 1 is 1.33 bits per heavy atom. The van der Waals surface area contributed by atoms with E-state index in [1.165, 1.54) is 10.9 Å². The minimum atomic E-state index is -4.81. The van der Waals surface area contributed by atoms with E-state index < -0.39 is 40.6 Å². The van der Waals surface area contributed by atoms with E-state index in [2.05, 4.69) is 15.5 Å². The molecule has 0 radical (unpaired) electrons. The Morgan fingerprint density at radius 3 is 2.44 bits per heavy atom. The molecule has 0 aliphatic rings. The van der Waals surface area contributed by atoms with Crippen molar-refractivity contribution in [2.45, 2.75) is 39.6 Å². The number of halogens is 4. The third-order valence-electron chi connectivity index (χ3n) is 3.34. The van der Waals surface area contributed by atoms with Gasteiger partial charge < -0.3 is 10.1 Å². The minimum absolute atomic E-state index is 0.0154. The van der Waals surface area contributed by atoms with Crippen LogP contribution in [-0.2, 0) is 24.5 Å². The Labute approximate surface area is 157 Å². The van der Waals surface area contributed by atoms with Crippen molar-refractivity contribution in [2.24, 2.45) is 7.05 Å². The molecule has 0 bridgehead atoms. The molecule has 0 saturated heterocycles. The van der Waals surface area contributed by atoms with Crippen molar-refractivity contribution in [3.05, 3.63) is 28.3 Å². The molecule has 1 N–H and O–H groups in total. The van der Waals surface area contributed by atoms with Gasteiger partial charge in [-0.2, -0.15) is 23.4 Å². The van der Waals surface area contributed by atoms with Crippen LogP contribution in [0, 0.1) is 0 Å². The molecule has 0 spiro atoms. The number of esters is 1. The van der Waals surface area contributed by atoms with Crippen LogP contribution in [0.3, 0.4) is 0 Å². The van der Waals surface area contributed by atoms with Crippen LogP contribution in [0.4, 0.5) is 18.9 Å². The average molecular weight is 408 g/mol. The number of nitrogens with one attached hydrogen (secondary N) is 1. The highest BCUT2D eigenvalue weighted by atomic mass is 35.5. The van der Waals surface area contributed by atoms with Crippen LogP contribution in [0.5, 0.6) is 0 Å². The number of hydrogen-bond donors (Lipinski definition) is 1. The van der Waals surface area contributed by atoms with E-state index in [4.69, 9.17) is 16.3 Å². The van der Waals surface area contributed by atoms with Crippen LogP contribution < -0.4 is 5.32 Å². The molecule has 0 aromatic carbocycles. The monoisotopic (exact) mass is 407 g/mol. The van der Waals surface area contributed by atoms with Gasteiger partial charge in [0.05, 0.1) is 11.8 Å². The third kappa shape index (κ3) is 4.41. The van der Waals surface area contributed by atoms with Gasteiger partial charge in [0.25, 0.3) is 5.91 Å². The predicted molar refractivity (Wildman–Crippen MR) is 89.6 cm³/mol.